The Labute approximate surface area is 554 Å². The lowest BCUT2D eigenvalue weighted by molar-refractivity contribution is 0.238. The van der Waals surface area contributed by atoms with Gasteiger partial charge in [0.15, 0.2) is 8.32 Å². The molecule has 0 amide bonds. The van der Waals surface area contributed by atoms with Crippen LogP contribution < -0.4 is 0 Å². The second-order valence-corrected chi connectivity index (χ2v) is 85.9. The molecule has 0 N–H and O–H groups in total. The molecule has 0 radical (unpaired) electrons. The third kappa shape index (κ3) is 44.3. The Bertz CT molecular complexity index is 1980. The van der Waals surface area contributed by atoms with Crippen LogP contribution in [0.4, 0.5) is 0 Å². The predicted molar refractivity (Wildman–Crippen MR) is 415 cm³/mol. The first-order valence-electron chi connectivity index (χ1n) is 28.4. The summed E-state index contributed by atoms with van der Waals surface area (Å²) in [7, 11) is -31.6. The summed E-state index contributed by atoms with van der Waals surface area (Å²) in [5.41, 5.74) is 14.7. The van der Waals surface area contributed by atoms with Crippen molar-refractivity contribution in [3.63, 3.8) is 0 Å². The highest BCUT2D eigenvalue weighted by Crippen LogP contribution is 2.33. The normalized spacial score (nSPS) is 24.6. The van der Waals surface area contributed by atoms with E-state index < -0.39 is 135 Å². The average Bonchev–Trinajstić information content (AvgIpc) is 3.31. The summed E-state index contributed by atoms with van der Waals surface area (Å²) in [6, 6.07) is 0. The van der Waals surface area contributed by atoms with Gasteiger partial charge in [0.05, 0.1) is 37.4 Å². The number of rotatable bonds is 27. The highest BCUT2D eigenvalue weighted by Gasteiger charge is 2.54. The largest absolute Gasteiger partial charge is 0.548 e. The van der Waals surface area contributed by atoms with E-state index in [4.69, 9.17) is 68.0 Å². The van der Waals surface area contributed by atoms with Crippen LogP contribution in [-0.2, 0) is 68.0 Å². The van der Waals surface area contributed by atoms with Gasteiger partial charge >= 0.3 is 77.0 Å². The van der Waals surface area contributed by atoms with Crippen molar-refractivity contribution in [3.8, 4) is 0 Å². The lowest BCUT2D eigenvalue weighted by Crippen LogP contribution is -2.65. The van der Waals surface area contributed by atoms with Crippen molar-refractivity contribution >= 4 is 135 Å². The predicted octanol–water partition coefficient (Wildman–Crippen LogP) is 17.6. The molecular formula is C55H134O16Si16. The fraction of sp³-hybridized carbons (Fsp3) is 0.636. The zero-order valence-corrected chi connectivity index (χ0v) is 74.2. The van der Waals surface area contributed by atoms with E-state index >= 15 is 0 Å². The van der Waals surface area contributed by atoms with Gasteiger partial charge in [0.1, 0.15) is 0 Å². The van der Waals surface area contributed by atoms with Gasteiger partial charge in [0.25, 0.3) is 8.32 Å². The van der Waals surface area contributed by atoms with Crippen molar-refractivity contribution in [1.82, 2.24) is 0 Å². The smallest absolute Gasteiger partial charge is 0.381 e. The molecule has 2 aliphatic heterocycles. The Hall–Kier alpha value is -0.0899. The fourth-order valence-electron chi connectivity index (χ4n) is 7.50. The zero-order chi connectivity index (χ0) is 67.2. The molecule has 2 unspecified atom stereocenters. The Morgan fingerprint density at radius 3 is 0.885 bits per heavy atom. The lowest BCUT2D eigenvalue weighted by atomic mass is 11.2. The standard InChI is InChI=1S/C16H36O4Si4.C12H24O4Si4.C8H24O4Si4.C8H20O2Si2.C8H18O2Si2.3CH4/c1-11-17-22(6,7)15-20-24(10,13-3)16-19-23(8,9)14-18-21(4,5)12-2;1-9-17(5)13-18(6,10-2)15-20(8,12-4)16-19(7,11-3)14-17;1-13(2)9-14(3,4)11-16(7,8)12-15(5,6)10-13;1-7-12(6,9-2)8-10-11(3,4)5;1-7-9-12(5,6)10-11(3,4)8-2;;;/h11-13H,1-3,14-16H2,4-10H3;9-12H,1-4H2,5-8H3;1-8H3;7H,1,8H2,2-6H3;7-8H,1-2H2,3-6H3;3*1H4. The number of hydrogen-bond acceptors (Lipinski definition) is 16. The third-order valence-electron chi connectivity index (χ3n) is 11.7. The minimum absolute atomic E-state index is 0. The molecule has 0 aromatic rings. The molecule has 16 nitrogen and oxygen atoms in total. The van der Waals surface area contributed by atoms with Crippen molar-refractivity contribution in [1.29, 1.82) is 0 Å². The van der Waals surface area contributed by atoms with Gasteiger partial charge in [-0.05, 0) is 177 Å². The maximum atomic E-state index is 6.27. The first-order chi connectivity index (χ1) is 37.4. The number of hydrogen-bond donors (Lipinski definition) is 0. The Morgan fingerprint density at radius 2 is 0.632 bits per heavy atom. The second kappa shape index (κ2) is 39.1. The van der Waals surface area contributed by atoms with E-state index in [0.29, 0.717) is 18.7 Å². The maximum absolute atomic E-state index is 6.27. The van der Waals surface area contributed by atoms with Crippen LogP contribution in [0.1, 0.15) is 22.3 Å². The zero-order valence-electron chi connectivity index (χ0n) is 58.2. The van der Waals surface area contributed by atoms with Crippen LogP contribution in [0.5, 0.6) is 0 Å². The molecule has 0 spiro atoms. The molecule has 2 saturated heterocycles. The van der Waals surface area contributed by atoms with E-state index in [2.05, 4.69) is 203 Å². The quantitative estimate of drug-likeness (QED) is 0.0567. The molecule has 2 fully saturated rings. The van der Waals surface area contributed by atoms with Crippen LogP contribution in [0, 0.1) is 0 Å². The van der Waals surface area contributed by atoms with Gasteiger partial charge in [0, 0.05) is 7.11 Å². The maximum Gasteiger partial charge on any atom is 0.381 e. The van der Waals surface area contributed by atoms with E-state index in [0.717, 1.165) is 6.23 Å². The monoisotopic (exact) mass is 1500 g/mol. The molecule has 514 valence electrons. The van der Waals surface area contributed by atoms with Gasteiger partial charge in [-0.1, -0.05) is 81.0 Å². The van der Waals surface area contributed by atoms with Gasteiger partial charge in [-0.25, -0.2) is 0 Å². The topological polar surface area (TPSA) is 148 Å². The molecular weight excluding hydrogens is 1370 g/mol. The summed E-state index contributed by atoms with van der Waals surface area (Å²) in [5, 5.41) is 0. The molecule has 2 atom stereocenters. The minimum atomic E-state index is -2.60. The second-order valence-electron chi connectivity index (χ2n) is 27.0. The van der Waals surface area contributed by atoms with Crippen LogP contribution in [-0.4, -0.2) is 167 Å². The van der Waals surface area contributed by atoms with Gasteiger partial charge in [0.2, 0.25) is 41.6 Å². The molecule has 2 rings (SSSR count). The van der Waals surface area contributed by atoms with Gasteiger partial charge in [-0.15, -0.1) is 52.6 Å². The van der Waals surface area contributed by atoms with Gasteiger partial charge in [-0.3, -0.25) is 0 Å². The molecule has 0 aliphatic carbocycles. The van der Waals surface area contributed by atoms with E-state index in [9.17, 15) is 0 Å². The molecule has 87 heavy (non-hydrogen) atoms. The first-order valence-corrected chi connectivity index (χ1v) is 73.1. The van der Waals surface area contributed by atoms with Crippen LogP contribution in [0.3, 0.4) is 0 Å². The Kier molecular flexibility index (Phi) is 44.0. The highest BCUT2D eigenvalue weighted by atomic mass is 28.5. The molecule has 32 heteroatoms. The molecule has 2 heterocycles. The fourth-order valence-corrected chi connectivity index (χ4v) is 64.9. The highest BCUT2D eigenvalue weighted by molar-refractivity contribution is 6.98. The van der Waals surface area contributed by atoms with Crippen molar-refractivity contribution in [2.45, 2.75) is 199 Å². The Balaban J connectivity index is -0.000000239. The van der Waals surface area contributed by atoms with Crippen molar-refractivity contribution in [3.05, 3.63) is 124 Å². The van der Waals surface area contributed by atoms with Crippen molar-refractivity contribution < 1.29 is 68.0 Å². The van der Waals surface area contributed by atoms with Gasteiger partial charge < -0.3 is 68.0 Å². The van der Waals surface area contributed by atoms with Crippen LogP contribution in [0.15, 0.2) is 124 Å². The van der Waals surface area contributed by atoms with E-state index in [1.54, 1.807) is 29.9 Å². The molecule has 0 saturated carbocycles. The average molecular weight is 1500 g/mol. The summed E-state index contributed by atoms with van der Waals surface area (Å²) < 4.78 is 96.2. The van der Waals surface area contributed by atoms with Gasteiger partial charge in [-0.2, -0.15) is 0 Å². The first kappa shape index (κ1) is 98.0. The van der Waals surface area contributed by atoms with Crippen LogP contribution in [0.25, 0.3) is 0 Å². The minimum Gasteiger partial charge on any atom is -0.548 e. The molecule has 2 aliphatic rings. The molecule has 0 aromatic heterocycles. The summed E-state index contributed by atoms with van der Waals surface area (Å²) in [6.07, 6.45) is 5.61. The van der Waals surface area contributed by atoms with Crippen molar-refractivity contribution in [2.24, 2.45) is 0 Å². The summed E-state index contributed by atoms with van der Waals surface area (Å²) >= 11 is 0. The van der Waals surface area contributed by atoms with Crippen LogP contribution in [0.2, 0.25) is 177 Å². The summed E-state index contributed by atoms with van der Waals surface area (Å²) in [5.74, 6) is 0. The SMILES string of the molecule is C.C.C.C=CO[Si](C)(C)CO[Si](C)(C=C)CO[Si](C)(C)CO[Si](C)(C)C=C.C=CO[Si](C)(C)O[Si](C)(C)C=C.C=C[Si](C)(CO[Si](C)(C)C)OC.C=C[Si]1(C)O[Si](C)(C=C)O[Si](C)(C=C)O[Si](C)(C=C)O1.C[Si]1(C)O[Si](C)(C)O[Si](C)(C)O[Si](C)(C)O1. The summed E-state index contributed by atoms with van der Waals surface area (Å²) in [4.78, 5) is 0. The summed E-state index contributed by atoms with van der Waals surface area (Å²) in [6.45, 7) is 94.1. The van der Waals surface area contributed by atoms with E-state index in [1.165, 1.54) is 12.5 Å². The molecule has 0 bridgehead atoms. The van der Waals surface area contributed by atoms with E-state index in [-0.39, 0.29) is 22.3 Å². The lowest BCUT2D eigenvalue weighted by Gasteiger charge is -2.46. The Morgan fingerprint density at radius 1 is 0.333 bits per heavy atom. The van der Waals surface area contributed by atoms with Crippen molar-refractivity contribution in [2.75, 3.05) is 32.0 Å². The van der Waals surface area contributed by atoms with Crippen LogP contribution >= 0.6 is 0 Å². The third-order valence-corrected chi connectivity index (χ3v) is 61.5. The molecule has 0 aromatic carbocycles. The van der Waals surface area contributed by atoms with E-state index in [1.807, 2.05) is 62.1 Å².